The highest BCUT2D eigenvalue weighted by Crippen LogP contribution is 2.37. The summed E-state index contributed by atoms with van der Waals surface area (Å²) in [6, 6.07) is 36.6. The van der Waals surface area contributed by atoms with Gasteiger partial charge in [-0.2, -0.15) is 0 Å². The highest BCUT2D eigenvalue weighted by molar-refractivity contribution is 6.04. The lowest BCUT2D eigenvalue weighted by atomic mass is 9.85. The van der Waals surface area contributed by atoms with E-state index in [4.69, 9.17) is 4.74 Å². The normalized spacial score (nSPS) is 10.5. The summed E-state index contributed by atoms with van der Waals surface area (Å²) < 4.78 is 5.39. The highest BCUT2D eigenvalue weighted by Gasteiger charge is 2.16. The van der Waals surface area contributed by atoms with Crippen molar-refractivity contribution in [1.82, 2.24) is 0 Å². The molecule has 0 aromatic heterocycles. The second-order valence-electron chi connectivity index (χ2n) is 7.58. The number of hydrogen-bond donors (Lipinski definition) is 0. The Labute approximate surface area is 179 Å². The van der Waals surface area contributed by atoms with Gasteiger partial charge >= 0.3 is 0 Å². The van der Waals surface area contributed by atoms with Gasteiger partial charge in [-0.25, -0.2) is 0 Å². The van der Waals surface area contributed by atoms with Crippen molar-refractivity contribution in [1.29, 1.82) is 0 Å². The lowest BCUT2D eigenvalue weighted by Crippen LogP contribution is -1.98. The molecule has 0 atom stereocenters. The molecule has 4 aromatic rings. The molecule has 1 heteroatoms. The first-order valence-electron chi connectivity index (χ1n) is 10.2. The Morgan fingerprint density at radius 3 is 1.23 bits per heavy atom. The predicted octanol–water partition coefficient (Wildman–Crippen LogP) is 7.32. The second-order valence-corrected chi connectivity index (χ2v) is 7.58. The average molecular weight is 391 g/mol. The van der Waals surface area contributed by atoms with Gasteiger partial charge in [-0.15, -0.1) is 0 Å². The molecule has 0 aliphatic carbocycles. The Hall–Kier alpha value is -3.58. The summed E-state index contributed by atoms with van der Waals surface area (Å²) in [7, 11) is 1.70. The molecule has 0 heterocycles. The van der Waals surface area contributed by atoms with E-state index in [1.54, 1.807) is 7.11 Å². The van der Waals surface area contributed by atoms with Crippen LogP contribution in [-0.4, -0.2) is 7.11 Å². The monoisotopic (exact) mass is 390 g/mol. The summed E-state index contributed by atoms with van der Waals surface area (Å²) in [6.45, 7) is 4.25. The Kier molecular flexibility index (Phi) is 5.81. The van der Waals surface area contributed by atoms with Crippen molar-refractivity contribution in [3.05, 3.63) is 137 Å². The molecule has 0 fully saturated rings. The number of benzene rings is 4. The van der Waals surface area contributed by atoms with Crippen LogP contribution in [-0.2, 0) is 0 Å². The van der Waals surface area contributed by atoms with Crippen molar-refractivity contribution in [2.45, 2.75) is 13.8 Å². The Morgan fingerprint density at radius 2 is 0.833 bits per heavy atom. The zero-order valence-corrected chi connectivity index (χ0v) is 17.7. The molecule has 1 nitrogen and oxygen atoms in total. The molecule has 0 bridgehead atoms. The smallest absolute Gasteiger partial charge is 0.118 e. The van der Waals surface area contributed by atoms with E-state index >= 15 is 0 Å². The van der Waals surface area contributed by atoms with Crippen molar-refractivity contribution < 1.29 is 4.74 Å². The van der Waals surface area contributed by atoms with Gasteiger partial charge in [0, 0.05) is 0 Å². The maximum absolute atomic E-state index is 5.39. The van der Waals surface area contributed by atoms with Gasteiger partial charge in [0.1, 0.15) is 5.75 Å². The molecule has 0 radical (unpaired) electrons. The van der Waals surface area contributed by atoms with E-state index in [-0.39, 0.29) is 0 Å². The van der Waals surface area contributed by atoms with Gasteiger partial charge in [-0.05, 0) is 59.4 Å². The number of rotatable bonds is 5. The van der Waals surface area contributed by atoms with Gasteiger partial charge in [0.05, 0.1) is 7.11 Å². The van der Waals surface area contributed by atoms with Gasteiger partial charge < -0.3 is 4.74 Å². The van der Waals surface area contributed by atoms with Crippen LogP contribution in [0.4, 0.5) is 0 Å². The van der Waals surface area contributed by atoms with E-state index in [2.05, 4.69) is 105 Å². The summed E-state index contributed by atoms with van der Waals surface area (Å²) >= 11 is 0. The molecule has 4 aromatic carbocycles. The second kappa shape index (κ2) is 8.84. The molecule has 0 aliphatic rings. The molecular formula is C29H26O. The van der Waals surface area contributed by atoms with Gasteiger partial charge in [-0.1, -0.05) is 102 Å². The topological polar surface area (TPSA) is 9.23 Å². The zero-order valence-electron chi connectivity index (χ0n) is 17.7. The molecule has 0 N–H and O–H groups in total. The summed E-state index contributed by atoms with van der Waals surface area (Å²) in [5, 5.41) is 0. The third kappa shape index (κ3) is 4.21. The fraction of sp³-hybridized carbons (Fsp3) is 0.103. The minimum Gasteiger partial charge on any atom is -0.497 e. The molecule has 0 amide bonds. The van der Waals surface area contributed by atoms with Gasteiger partial charge in [0.2, 0.25) is 0 Å². The van der Waals surface area contributed by atoms with Crippen LogP contribution in [0.2, 0.25) is 0 Å². The molecule has 0 spiro atoms. The number of ether oxygens (including phenoxy) is 1. The number of methoxy groups -OCH3 is 1. The van der Waals surface area contributed by atoms with Crippen LogP contribution in [0.1, 0.15) is 33.4 Å². The average Bonchev–Trinajstić information content (AvgIpc) is 2.80. The maximum Gasteiger partial charge on any atom is 0.118 e. The van der Waals surface area contributed by atoms with Crippen LogP contribution in [0.5, 0.6) is 5.75 Å². The first-order valence-corrected chi connectivity index (χ1v) is 10.2. The van der Waals surface area contributed by atoms with Crippen LogP contribution in [0.15, 0.2) is 103 Å². The van der Waals surface area contributed by atoms with Gasteiger partial charge in [0.15, 0.2) is 0 Å². The zero-order chi connectivity index (χ0) is 20.9. The highest BCUT2D eigenvalue weighted by atomic mass is 16.5. The van der Waals surface area contributed by atoms with E-state index in [0.717, 1.165) is 11.3 Å². The van der Waals surface area contributed by atoms with Crippen molar-refractivity contribution in [3.8, 4) is 5.75 Å². The first kappa shape index (κ1) is 19.7. The Morgan fingerprint density at radius 1 is 0.467 bits per heavy atom. The van der Waals surface area contributed by atoms with E-state index in [1.165, 1.54) is 39.0 Å². The fourth-order valence-electron chi connectivity index (χ4n) is 3.71. The standard InChI is InChI=1S/C29H26O/c1-21-9-13-24(14-10-21)29(25-15-11-22(2)12-16-25)28(23-7-5-4-6-8-23)26-17-19-27(30-3)20-18-26/h4-20H,1-3H3. The minimum atomic E-state index is 0.860. The first-order chi connectivity index (χ1) is 14.7. The van der Waals surface area contributed by atoms with Crippen molar-refractivity contribution in [2.75, 3.05) is 7.11 Å². The van der Waals surface area contributed by atoms with Crippen molar-refractivity contribution in [3.63, 3.8) is 0 Å². The molecule has 30 heavy (non-hydrogen) atoms. The van der Waals surface area contributed by atoms with Crippen molar-refractivity contribution >= 4 is 11.1 Å². The number of hydrogen-bond acceptors (Lipinski definition) is 1. The molecule has 0 aliphatic heterocycles. The predicted molar refractivity (Wildman–Crippen MR) is 127 cm³/mol. The molecule has 0 saturated carbocycles. The minimum absolute atomic E-state index is 0.860. The lowest BCUT2D eigenvalue weighted by molar-refractivity contribution is 0.415. The summed E-state index contributed by atoms with van der Waals surface area (Å²) in [6.07, 6.45) is 0. The van der Waals surface area contributed by atoms with E-state index in [0.29, 0.717) is 0 Å². The van der Waals surface area contributed by atoms with Gasteiger partial charge in [-0.3, -0.25) is 0 Å². The van der Waals surface area contributed by atoms with Crippen LogP contribution in [0, 0.1) is 13.8 Å². The third-order valence-corrected chi connectivity index (χ3v) is 5.37. The lowest BCUT2D eigenvalue weighted by Gasteiger charge is -2.18. The van der Waals surface area contributed by atoms with Crippen LogP contribution in [0.25, 0.3) is 11.1 Å². The molecular weight excluding hydrogens is 364 g/mol. The quantitative estimate of drug-likeness (QED) is 0.324. The summed E-state index contributed by atoms with van der Waals surface area (Å²) in [5.41, 5.74) is 9.73. The molecule has 0 unspecified atom stereocenters. The SMILES string of the molecule is COc1ccc(C(=C(c2ccc(C)cc2)c2ccc(C)cc2)c2ccccc2)cc1. The van der Waals surface area contributed by atoms with E-state index < -0.39 is 0 Å². The fourth-order valence-corrected chi connectivity index (χ4v) is 3.71. The molecule has 0 saturated heterocycles. The van der Waals surface area contributed by atoms with E-state index in [1.807, 2.05) is 12.1 Å². The molecule has 148 valence electrons. The largest absolute Gasteiger partial charge is 0.497 e. The van der Waals surface area contributed by atoms with Crippen LogP contribution >= 0.6 is 0 Å². The van der Waals surface area contributed by atoms with Crippen LogP contribution in [0.3, 0.4) is 0 Å². The third-order valence-electron chi connectivity index (χ3n) is 5.37. The van der Waals surface area contributed by atoms with Crippen LogP contribution < -0.4 is 4.74 Å². The van der Waals surface area contributed by atoms with Gasteiger partial charge in [0.25, 0.3) is 0 Å². The summed E-state index contributed by atoms with van der Waals surface area (Å²) in [5.74, 6) is 0.860. The number of aryl methyl sites for hydroxylation is 2. The van der Waals surface area contributed by atoms with E-state index in [9.17, 15) is 0 Å². The molecule has 4 rings (SSSR count). The Bertz CT molecular complexity index is 1090. The van der Waals surface area contributed by atoms with Crippen molar-refractivity contribution in [2.24, 2.45) is 0 Å². The summed E-state index contributed by atoms with van der Waals surface area (Å²) in [4.78, 5) is 0. The maximum atomic E-state index is 5.39. The Balaban J connectivity index is 2.05.